The number of anilines is 1. The molecule has 0 fully saturated rings. The number of H-pyrrole nitrogens is 1. The molecule has 4 nitrogen and oxygen atoms in total. The first-order chi connectivity index (χ1) is 10.5. The Balaban J connectivity index is 1.97. The van der Waals surface area contributed by atoms with Crippen molar-refractivity contribution < 1.29 is 9.20 Å². The molecular weight excluding hydrogens is 274 g/mol. The van der Waals surface area contributed by atoms with Crippen molar-refractivity contribution >= 4 is 17.2 Å². The monoisotopic (exact) mass is 294 g/mol. The number of carbonyl (C=O) groups is 1. The van der Waals surface area contributed by atoms with E-state index in [4.69, 9.17) is 0 Å². The Bertz CT molecular complexity index is 833. The van der Waals surface area contributed by atoms with E-state index in [1.54, 1.807) is 0 Å². The van der Waals surface area contributed by atoms with Gasteiger partial charge in [0.05, 0.1) is 0 Å². The lowest BCUT2D eigenvalue weighted by Crippen LogP contribution is -2.21. The number of nitrogens with one attached hydrogen (secondary N) is 2. The fourth-order valence-electron chi connectivity index (χ4n) is 2.40. The van der Waals surface area contributed by atoms with E-state index in [2.05, 4.69) is 33.9 Å². The summed E-state index contributed by atoms with van der Waals surface area (Å²) in [7, 11) is 0. The molecule has 0 saturated heterocycles. The minimum absolute atomic E-state index is 0.0269. The molecule has 112 valence electrons. The molecule has 2 heterocycles. The molecule has 0 aliphatic rings. The summed E-state index contributed by atoms with van der Waals surface area (Å²) in [6.07, 6.45) is 2.08. The van der Waals surface area contributed by atoms with Gasteiger partial charge in [-0.05, 0) is 25.1 Å². The van der Waals surface area contributed by atoms with Crippen molar-refractivity contribution in [2.45, 2.75) is 20.8 Å². The molecule has 0 aliphatic carbocycles. The number of nitrogens with zero attached hydrogens (tertiary/aromatic N) is 1. The van der Waals surface area contributed by atoms with Crippen molar-refractivity contribution in [1.82, 2.24) is 4.98 Å². The fourth-order valence-corrected chi connectivity index (χ4v) is 2.40. The highest BCUT2D eigenvalue weighted by molar-refractivity contribution is 5.92. The van der Waals surface area contributed by atoms with Gasteiger partial charge in [0.1, 0.15) is 11.9 Å². The van der Waals surface area contributed by atoms with E-state index in [1.165, 1.54) is 5.69 Å². The van der Waals surface area contributed by atoms with E-state index in [0.29, 0.717) is 0 Å². The number of rotatable bonds is 3. The third kappa shape index (κ3) is 2.72. The average molecular weight is 294 g/mol. The van der Waals surface area contributed by atoms with Crippen LogP contribution in [0.3, 0.4) is 0 Å². The number of aryl methyl sites for hydroxylation is 1. The van der Waals surface area contributed by atoms with Crippen LogP contribution in [0.4, 0.5) is 5.69 Å². The Kier molecular flexibility index (Phi) is 3.67. The van der Waals surface area contributed by atoms with E-state index in [-0.39, 0.29) is 11.8 Å². The quantitative estimate of drug-likeness (QED) is 0.715. The number of pyridine rings is 1. The summed E-state index contributed by atoms with van der Waals surface area (Å²) in [6.45, 7) is 5.84. The molecule has 0 bridgehead atoms. The molecule has 0 radical (unpaired) electrons. The standard InChI is InChI=1S/C18H19N3O/c1-12(2)18(22)19-15-8-5-7-14(10-15)16-11-21-13(3)6-4-9-17(21)20-16/h4-12H,1-3H3,(H,19,22)/p+1. The maximum Gasteiger partial charge on any atom is 0.284 e. The van der Waals surface area contributed by atoms with Gasteiger partial charge in [-0.1, -0.05) is 32.0 Å². The smallest absolute Gasteiger partial charge is 0.284 e. The lowest BCUT2D eigenvalue weighted by Gasteiger charge is -2.08. The maximum atomic E-state index is 11.8. The topological polar surface area (TPSA) is 49.0 Å². The van der Waals surface area contributed by atoms with Gasteiger partial charge in [0.25, 0.3) is 5.65 Å². The van der Waals surface area contributed by atoms with E-state index in [9.17, 15) is 4.79 Å². The van der Waals surface area contributed by atoms with Crippen LogP contribution >= 0.6 is 0 Å². The molecule has 1 amide bonds. The van der Waals surface area contributed by atoms with Crippen LogP contribution in [0, 0.1) is 12.8 Å². The Morgan fingerprint density at radius 2 is 1.95 bits per heavy atom. The van der Waals surface area contributed by atoms with Crippen molar-refractivity contribution in [2.75, 3.05) is 5.32 Å². The van der Waals surface area contributed by atoms with Gasteiger partial charge in [-0.25, -0.2) is 4.98 Å². The summed E-state index contributed by atoms with van der Waals surface area (Å²) in [5.41, 5.74) is 5.10. The fraction of sp³-hybridized carbons (Fsp3) is 0.222. The zero-order valence-corrected chi connectivity index (χ0v) is 13.1. The van der Waals surface area contributed by atoms with Crippen molar-refractivity contribution in [3.63, 3.8) is 0 Å². The van der Waals surface area contributed by atoms with E-state index in [1.807, 2.05) is 50.2 Å². The zero-order chi connectivity index (χ0) is 15.7. The van der Waals surface area contributed by atoms with Crippen LogP contribution in [0.1, 0.15) is 19.5 Å². The second-order valence-electron chi connectivity index (χ2n) is 5.81. The summed E-state index contributed by atoms with van der Waals surface area (Å²) in [5.74, 6) is -0.00560. The average Bonchev–Trinajstić information content (AvgIpc) is 2.93. The van der Waals surface area contributed by atoms with Crippen LogP contribution in [-0.4, -0.2) is 10.9 Å². The predicted molar refractivity (Wildman–Crippen MR) is 87.6 cm³/mol. The zero-order valence-electron chi connectivity index (χ0n) is 13.1. The first-order valence-electron chi connectivity index (χ1n) is 7.46. The van der Waals surface area contributed by atoms with Crippen molar-refractivity contribution in [3.8, 4) is 11.3 Å². The summed E-state index contributed by atoms with van der Waals surface area (Å²) in [4.78, 5) is 15.2. The highest BCUT2D eigenvalue weighted by atomic mass is 16.1. The molecule has 3 aromatic rings. The number of fused-ring (bicyclic) bond motifs is 1. The van der Waals surface area contributed by atoms with Crippen molar-refractivity contribution in [1.29, 1.82) is 0 Å². The SMILES string of the molecule is Cc1cccc2[nH]c(-c3cccc(NC(=O)C(C)C)c3)c[n+]12. The van der Waals surface area contributed by atoms with E-state index in [0.717, 1.165) is 22.6 Å². The Hall–Kier alpha value is -2.62. The molecule has 22 heavy (non-hydrogen) atoms. The second kappa shape index (κ2) is 5.64. The molecule has 1 aromatic carbocycles. The van der Waals surface area contributed by atoms with Gasteiger partial charge in [0.15, 0.2) is 5.69 Å². The molecule has 0 spiro atoms. The summed E-state index contributed by atoms with van der Waals surface area (Å²) >= 11 is 0. The molecule has 0 atom stereocenters. The van der Waals surface area contributed by atoms with E-state index < -0.39 is 0 Å². The third-order valence-corrected chi connectivity index (χ3v) is 3.72. The lowest BCUT2D eigenvalue weighted by molar-refractivity contribution is -0.517. The molecule has 0 unspecified atom stereocenters. The number of hydrogen-bond donors (Lipinski definition) is 2. The van der Waals surface area contributed by atoms with Crippen LogP contribution in [-0.2, 0) is 4.79 Å². The highest BCUT2D eigenvalue weighted by Gasteiger charge is 2.13. The minimum atomic E-state index is -0.0325. The highest BCUT2D eigenvalue weighted by Crippen LogP contribution is 2.21. The van der Waals surface area contributed by atoms with Crippen molar-refractivity contribution in [2.24, 2.45) is 5.92 Å². The summed E-state index contributed by atoms with van der Waals surface area (Å²) in [5, 5.41) is 2.94. The number of imidazole rings is 1. The number of benzene rings is 1. The molecule has 4 heteroatoms. The predicted octanol–water partition coefficient (Wildman–Crippen LogP) is 3.32. The van der Waals surface area contributed by atoms with Gasteiger partial charge in [0, 0.05) is 23.2 Å². The molecule has 3 rings (SSSR count). The van der Waals surface area contributed by atoms with Crippen molar-refractivity contribution in [3.05, 3.63) is 54.4 Å². The van der Waals surface area contributed by atoms with Crippen LogP contribution < -0.4 is 9.72 Å². The maximum absolute atomic E-state index is 11.8. The molecule has 0 aliphatic heterocycles. The second-order valence-corrected chi connectivity index (χ2v) is 5.81. The first-order valence-corrected chi connectivity index (χ1v) is 7.46. The largest absolute Gasteiger partial charge is 0.326 e. The van der Waals surface area contributed by atoms with Gasteiger partial charge in [-0.3, -0.25) is 4.79 Å². The number of aromatic nitrogens is 2. The molecule has 2 aromatic heterocycles. The third-order valence-electron chi connectivity index (χ3n) is 3.72. The minimum Gasteiger partial charge on any atom is -0.326 e. The van der Waals surface area contributed by atoms with Gasteiger partial charge in [-0.2, -0.15) is 4.40 Å². The van der Waals surface area contributed by atoms with Crippen LogP contribution in [0.5, 0.6) is 0 Å². The van der Waals surface area contributed by atoms with Gasteiger partial charge in [0.2, 0.25) is 5.91 Å². The Morgan fingerprint density at radius 1 is 1.18 bits per heavy atom. The van der Waals surface area contributed by atoms with Crippen LogP contribution in [0.25, 0.3) is 16.9 Å². The van der Waals surface area contributed by atoms with Crippen LogP contribution in [0.2, 0.25) is 0 Å². The number of amides is 1. The van der Waals surface area contributed by atoms with Gasteiger partial charge < -0.3 is 5.32 Å². The molecule has 2 N–H and O–H groups in total. The number of hydrogen-bond acceptors (Lipinski definition) is 1. The summed E-state index contributed by atoms with van der Waals surface area (Å²) in [6, 6.07) is 14.0. The summed E-state index contributed by atoms with van der Waals surface area (Å²) < 4.78 is 2.12. The first kappa shape index (κ1) is 14.3. The van der Waals surface area contributed by atoms with E-state index >= 15 is 0 Å². The number of aromatic amines is 1. The van der Waals surface area contributed by atoms with Crippen LogP contribution in [0.15, 0.2) is 48.7 Å². The normalized spacial score (nSPS) is 11.1. The molecule has 0 saturated carbocycles. The molecular formula is C18H20N3O+. The Morgan fingerprint density at radius 3 is 2.68 bits per heavy atom. The van der Waals surface area contributed by atoms with Gasteiger partial charge >= 0.3 is 0 Å². The Labute approximate surface area is 129 Å². The lowest BCUT2D eigenvalue weighted by atomic mass is 10.1. The van der Waals surface area contributed by atoms with Gasteiger partial charge in [-0.15, -0.1) is 0 Å². The number of carbonyl (C=O) groups excluding carboxylic acids is 1.